The number of nitrogens with two attached hydrogens (primary N) is 2. The summed E-state index contributed by atoms with van der Waals surface area (Å²) >= 11 is 0. The van der Waals surface area contributed by atoms with Crippen LogP contribution in [0.4, 0.5) is 10.5 Å². The predicted molar refractivity (Wildman–Crippen MR) is 158 cm³/mol. The third kappa shape index (κ3) is 9.39. The second-order valence-electron chi connectivity index (χ2n) is 12.7. The Morgan fingerprint density at radius 3 is 2.50 bits per heavy atom. The van der Waals surface area contributed by atoms with Gasteiger partial charge in [0.1, 0.15) is 34.5 Å². The minimum Gasteiger partial charge on any atom is -0.481 e. The molecule has 1 aliphatic heterocycles. The van der Waals surface area contributed by atoms with Crippen LogP contribution in [0.15, 0.2) is 23.2 Å². The van der Waals surface area contributed by atoms with Crippen LogP contribution in [0.3, 0.4) is 0 Å². The maximum atomic E-state index is 13.0. The van der Waals surface area contributed by atoms with Gasteiger partial charge in [0.15, 0.2) is 6.10 Å². The molecule has 9 nitrogen and oxygen atoms in total. The van der Waals surface area contributed by atoms with Gasteiger partial charge >= 0.3 is 12.1 Å². The largest absolute Gasteiger partial charge is 0.481 e. The molecule has 0 spiro atoms. The summed E-state index contributed by atoms with van der Waals surface area (Å²) in [5, 5.41) is 3.02. The van der Waals surface area contributed by atoms with Crippen molar-refractivity contribution in [2.24, 2.45) is 22.4 Å². The van der Waals surface area contributed by atoms with Crippen molar-refractivity contribution in [3.8, 4) is 5.75 Å². The standard InChI is InChI=1S/C31H50N4O5/c1-7-11-23(34-29(37)40-30(3,4)17-16-21-12-9-8-10-13-21)19-31(5,6)39-28(36)26(32)22-14-15-25-24(18-22)35-27(33)20(2)38-25/h14-15,18,20-21,23,26H,7-13,16-17,19,32H2,1-6H3,(H2,33,35)(H,34,37). The van der Waals surface area contributed by atoms with E-state index in [1.165, 1.54) is 32.1 Å². The molecule has 1 saturated carbocycles. The summed E-state index contributed by atoms with van der Waals surface area (Å²) in [6.07, 6.45) is 9.70. The molecule has 1 fully saturated rings. The second-order valence-corrected chi connectivity index (χ2v) is 12.7. The van der Waals surface area contributed by atoms with Crippen LogP contribution in [0.25, 0.3) is 0 Å². The van der Waals surface area contributed by atoms with Gasteiger partial charge in [-0.3, -0.25) is 0 Å². The summed E-state index contributed by atoms with van der Waals surface area (Å²) < 4.78 is 17.4. The smallest absolute Gasteiger partial charge is 0.407 e. The number of nitrogens with zero attached hydrogens (tertiary/aromatic N) is 1. The van der Waals surface area contributed by atoms with Gasteiger partial charge in [0.2, 0.25) is 0 Å². The van der Waals surface area contributed by atoms with Crippen molar-refractivity contribution >= 4 is 23.6 Å². The van der Waals surface area contributed by atoms with Crippen molar-refractivity contribution < 1.29 is 23.8 Å². The Balaban J connectivity index is 1.54. The van der Waals surface area contributed by atoms with E-state index < -0.39 is 29.3 Å². The Hall–Kier alpha value is -2.81. The van der Waals surface area contributed by atoms with E-state index in [0.29, 0.717) is 29.3 Å². The van der Waals surface area contributed by atoms with Crippen molar-refractivity contribution in [3.63, 3.8) is 0 Å². The summed E-state index contributed by atoms with van der Waals surface area (Å²) in [7, 11) is 0. The number of hydrogen-bond donors (Lipinski definition) is 3. The highest BCUT2D eigenvalue weighted by atomic mass is 16.6. The molecular weight excluding hydrogens is 508 g/mol. The molecule has 1 amide bonds. The Kier molecular flexibility index (Phi) is 10.9. The Bertz CT molecular complexity index is 1050. The van der Waals surface area contributed by atoms with Gasteiger partial charge in [0.25, 0.3) is 0 Å². The fraction of sp³-hybridized carbons (Fsp3) is 0.710. The van der Waals surface area contributed by atoms with Gasteiger partial charge in [-0.05, 0) is 77.5 Å². The van der Waals surface area contributed by atoms with Gasteiger partial charge in [-0.2, -0.15) is 0 Å². The number of nitrogens with one attached hydrogen (secondary N) is 1. The molecule has 0 saturated heterocycles. The first kappa shape index (κ1) is 31.7. The average Bonchev–Trinajstić information content (AvgIpc) is 2.87. The zero-order chi connectivity index (χ0) is 29.5. The number of aliphatic imine (C=N–C) groups is 1. The maximum Gasteiger partial charge on any atom is 0.407 e. The summed E-state index contributed by atoms with van der Waals surface area (Å²) in [5.41, 5.74) is 11.9. The number of rotatable bonds is 12. The van der Waals surface area contributed by atoms with E-state index in [2.05, 4.69) is 17.2 Å². The first-order chi connectivity index (χ1) is 18.8. The van der Waals surface area contributed by atoms with Crippen molar-refractivity contribution in [2.45, 2.75) is 135 Å². The highest BCUT2D eigenvalue weighted by molar-refractivity contribution is 5.90. The van der Waals surface area contributed by atoms with Gasteiger partial charge in [-0.15, -0.1) is 0 Å². The van der Waals surface area contributed by atoms with E-state index in [1.54, 1.807) is 18.2 Å². The van der Waals surface area contributed by atoms with Crippen LogP contribution in [0.5, 0.6) is 5.75 Å². The number of carbonyl (C=O) groups excluding carboxylic acids is 2. The maximum absolute atomic E-state index is 13.0. The van der Waals surface area contributed by atoms with Crippen molar-refractivity contribution in [1.82, 2.24) is 5.32 Å². The number of alkyl carbamates (subject to hydrolysis) is 1. The summed E-state index contributed by atoms with van der Waals surface area (Å²) in [4.78, 5) is 30.3. The number of ether oxygens (including phenoxy) is 3. The fourth-order valence-corrected chi connectivity index (χ4v) is 5.60. The zero-order valence-electron chi connectivity index (χ0n) is 25.3. The van der Waals surface area contributed by atoms with Crippen molar-refractivity contribution in [1.29, 1.82) is 0 Å². The molecule has 3 atom stereocenters. The van der Waals surface area contributed by atoms with Crippen LogP contribution in [-0.4, -0.2) is 41.2 Å². The molecular formula is C31H50N4O5. The predicted octanol–water partition coefficient (Wildman–Crippen LogP) is 6.20. The fourth-order valence-electron chi connectivity index (χ4n) is 5.60. The molecule has 40 heavy (non-hydrogen) atoms. The molecule has 3 rings (SSSR count). The number of carbonyl (C=O) groups is 2. The Morgan fingerprint density at radius 1 is 1.12 bits per heavy atom. The first-order valence-corrected chi connectivity index (χ1v) is 14.9. The van der Waals surface area contributed by atoms with Crippen LogP contribution in [0, 0.1) is 5.92 Å². The molecule has 224 valence electrons. The molecule has 1 aromatic rings. The summed E-state index contributed by atoms with van der Waals surface area (Å²) in [6, 6.07) is 3.94. The van der Waals surface area contributed by atoms with E-state index in [-0.39, 0.29) is 12.1 Å². The first-order valence-electron chi connectivity index (χ1n) is 14.9. The van der Waals surface area contributed by atoms with Crippen LogP contribution >= 0.6 is 0 Å². The number of fused-ring (bicyclic) bond motifs is 1. The molecule has 0 radical (unpaired) electrons. The van der Waals surface area contributed by atoms with Crippen LogP contribution in [-0.2, 0) is 14.3 Å². The lowest BCUT2D eigenvalue weighted by atomic mass is 9.84. The normalized spacial score (nSPS) is 19.5. The lowest BCUT2D eigenvalue weighted by Crippen LogP contribution is -2.45. The van der Waals surface area contributed by atoms with Crippen LogP contribution in [0.1, 0.15) is 117 Å². The van der Waals surface area contributed by atoms with E-state index in [1.807, 2.05) is 34.6 Å². The third-order valence-corrected chi connectivity index (χ3v) is 7.89. The number of benzene rings is 1. The zero-order valence-corrected chi connectivity index (χ0v) is 25.3. The minimum absolute atomic E-state index is 0.217. The molecule has 5 N–H and O–H groups in total. The molecule has 1 aliphatic carbocycles. The molecule has 0 bridgehead atoms. The highest BCUT2D eigenvalue weighted by Crippen LogP contribution is 2.35. The number of hydrogen-bond acceptors (Lipinski definition) is 8. The summed E-state index contributed by atoms with van der Waals surface area (Å²) in [5.74, 6) is 1.12. The molecule has 3 unspecified atom stereocenters. The highest BCUT2D eigenvalue weighted by Gasteiger charge is 2.32. The SMILES string of the molecule is CCCC(CC(C)(C)OC(=O)C(N)c1ccc2c(c1)N=C(N)C(C)O2)NC(=O)OC(C)(C)CCC1CCCCC1. The number of amidine groups is 1. The van der Waals surface area contributed by atoms with Gasteiger partial charge in [0, 0.05) is 12.5 Å². The number of amides is 1. The van der Waals surface area contributed by atoms with E-state index in [0.717, 1.165) is 31.6 Å². The topological polar surface area (TPSA) is 138 Å². The van der Waals surface area contributed by atoms with Crippen LogP contribution < -0.4 is 21.5 Å². The molecule has 1 heterocycles. The van der Waals surface area contributed by atoms with Gasteiger partial charge in [0.05, 0.1) is 0 Å². The van der Waals surface area contributed by atoms with E-state index >= 15 is 0 Å². The molecule has 1 aromatic carbocycles. The number of esters is 1. The van der Waals surface area contributed by atoms with Gasteiger partial charge < -0.3 is 31.0 Å². The van der Waals surface area contributed by atoms with E-state index in [9.17, 15) is 9.59 Å². The molecule has 9 heteroatoms. The van der Waals surface area contributed by atoms with E-state index in [4.69, 9.17) is 25.7 Å². The molecule has 2 aliphatic rings. The van der Waals surface area contributed by atoms with Gasteiger partial charge in [-0.1, -0.05) is 51.5 Å². The quantitative estimate of drug-likeness (QED) is 0.260. The van der Waals surface area contributed by atoms with Gasteiger partial charge in [-0.25, -0.2) is 14.6 Å². The Labute approximate surface area is 239 Å². The molecule has 0 aromatic heterocycles. The lowest BCUT2D eigenvalue weighted by Gasteiger charge is -2.33. The van der Waals surface area contributed by atoms with Crippen molar-refractivity contribution in [2.75, 3.05) is 0 Å². The average molecular weight is 559 g/mol. The Morgan fingerprint density at radius 2 is 1.82 bits per heavy atom. The van der Waals surface area contributed by atoms with Crippen molar-refractivity contribution in [3.05, 3.63) is 23.8 Å². The lowest BCUT2D eigenvalue weighted by molar-refractivity contribution is -0.159. The summed E-state index contributed by atoms with van der Waals surface area (Å²) in [6.45, 7) is 11.5. The minimum atomic E-state index is -1.01. The second kappa shape index (κ2) is 13.7. The van der Waals surface area contributed by atoms with Crippen LogP contribution in [0.2, 0.25) is 0 Å². The third-order valence-electron chi connectivity index (χ3n) is 7.89. The monoisotopic (exact) mass is 558 g/mol.